The summed E-state index contributed by atoms with van der Waals surface area (Å²) in [6.45, 7) is 0.735. The number of hydrogen-bond acceptors (Lipinski definition) is 4. The van der Waals surface area contributed by atoms with E-state index in [9.17, 15) is 4.79 Å². The first-order valence-electron chi connectivity index (χ1n) is 7.48. The Labute approximate surface area is 125 Å². The molecule has 2 aliphatic carbocycles. The Hall–Kier alpha value is -1.39. The third-order valence-corrected chi connectivity index (χ3v) is 4.87. The van der Waals surface area contributed by atoms with Gasteiger partial charge < -0.3 is 14.2 Å². The molecule has 0 heterocycles. The largest absolute Gasteiger partial charge is 0.496 e. The number of ether oxygens (including phenoxy) is 3. The second-order valence-electron chi connectivity index (χ2n) is 5.98. The highest BCUT2D eigenvalue weighted by Gasteiger charge is 2.45. The van der Waals surface area contributed by atoms with E-state index in [1.165, 1.54) is 11.1 Å². The van der Waals surface area contributed by atoms with Crippen molar-refractivity contribution in [2.75, 3.05) is 27.6 Å². The van der Waals surface area contributed by atoms with Crippen LogP contribution in [-0.4, -0.2) is 33.4 Å². The lowest BCUT2D eigenvalue weighted by Crippen LogP contribution is -2.29. The molecular weight excluding hydrogens is 268 g/mol. The molecule has 0 bridgehead atoms. The Kier molecular flexibility index (Phi) is 4.27. The Morgan fingerprint density at radius 1 is 1.19 bits per heavy atom. The summed E-state index contributed by atoms with van der Waals surface area (Å²) in [4.78, 5) is 12.3. The van der Waals surface area contributed by atoms with Gasteiger partial charge in [0.25, 0.3) is 0 Å². The average Bonchev–Trinajstić information content (AvgIpc) is 2.80. The van der Waals surface area contributed by atoms with Gasteiger partial charge in [0.2, 0.25) is 0 Å². The van der Waals surface area contributed by atoms with Crippen molar-refractivity contribution in [3.63, 3.8) is 0 Å². The predicted octanol–water partition coefficient (Wildman–Crippen LogP) is 2.24. The number of Topliss-reactive ketones (excluding diaryl/α,β-unsaturated/α-hetero) is 1. The van der Waals surface area contributed by atoms with E-state index in [0.717, 1.165) is 18.6 Å². The van der Waals surface area contributed by atoms with Gasteiger partial charge in [0, 0.05) is 19.4 Å². The maximum atomic E-state index is 12.3. The molecule has 0 spiro atoms. The van der Waals surface area contributed by atoms with Crippen LogP contribution in [0.5, 0.6) is 5.75 Å². The molecule has 0 amide bonds. The molecule has 1 aromatic rings. The molecular formula is C17H22O4. The van der Waals surface area contributed by atoms with Crippen LogP contribution in [0.1, 0.15) is 17.5 Å². The number of carbonyl (C=O) groups excluding carboxylic acids is 1. The number of rotatable bonds is 5. The van der Waals surface area contributed by atoms with Crippen molar-refractivity contribution in [3.05, 3.63) is 29.3 Å². The molecule has 1 aromatic carbocycles. The summed E-state index contributed by atoms with van der Waals surface area (Å²) in [5.74, 6) is 2.14. The van der Waals surface area contributed by atoms with Gasteiger partial charge in [-0.1, -0.05) is 12.1 Å². The van der Waals surface area contributed by atoms with Crippen LogP contribution in [0, 0.1) is 17.8 Å². The van der Waals surface area contributed by atoms with Crippen LogP contribution >= 0.6 is 0 Å². The second kappa shape index (κ2) is 6.16. The van der Waals surface area contributed by atoms with Crippen molar-refractivity contribution in [1.82, 2.24) is 0 Å². The fraction of sp³-hybridized carbons (Fsp3) is 0.588. The smallest absolute Gasteiger partial charge is 0.146 e. The molecule has 0 aliphatic heterocycles. The summed E-state index contributed by atoms with van der Waals surface area (Å²) in [6.07, 6.45) is 2.56. The average molecular weight is 290 g/mol. The zero-order valence-electron chi connectivity index (χ0n) is 12.6. The number of carbonyl (C=O) groups is 1. The van der Waals surface area contributed by atoms with E-state index in [4.69, 9.17) is 14.2 Å². The predicted molar refractivity (Wildman–Crippen MR) is 78.3 cm³/mol. The minimum absolute atomic E-state index is 0.0181. The van der Waals surface area contributed by atoms with E-state index < -0.39 is 0 Å². The minimum atomic E-state index is 0.0181. The first-order chi connectivity index (χ1) is 10.2. The fourth-order valence-electron chi connectivity index (χ4n) is 3.88. The van der Waals surface area contributed by atoms with Gasteiger partial charge in [-0.15, -0.1) is 0 Å². The van der Waals surface area contributed by atoms with Gasteiger partial charge in [0.1, 0.15) is 18.3 Å². The van der Waals surface area contributed by atoms with Crippen LogP contribution in [0.4, 0.5) is 0 Å². The van der Waals surface area contributed by atoms with Crippen molar-refractivity contribution in [2.45, 2.75) is 19.3 Å². The molecule has 4 nitrogen and oxygen atoms in total. The van der Waals surface area contributed by atoms with Gasteiger partial charge in [0.05, 0.1) is 13.7 Å². The Balaban J connectivity index is 1.79. The molecule has 1 fully saturated rings. The zero-order chi connectivity index (χ0) is 14.8. The van der Waals surface area contributed by atoms with Gasteiger partial charge >= 0.3 is 0 Å². The molecule has 2 aliphatic rings. The number of methoxy groups -OCH3 is 2. The summed E-state index contributed by atoms with van der Waals surface area (Å²) < 4.78 is 15.8. The van der Waals surface area contributed by atoms with E-state index in [1.54, 1.807) is 14.2 Å². The Morgan fingerprint density at radius 2 is 2.05 bits per heavy atom. The lowest BCUT2D eigenvalue weighted by molar-refractivity contribution is -0.125. The molecule has 0 N–H and O–H groups in total. The van der Waals surface area contributed by atoms with E-state index in [2.05, 4.69) is 6.07 Å². The normalized spacial score (nSPS) is 27.3. The van der Waals surface area contributed by atoms with E-state index in [0.29, 0.717) is 30.6 Å². The van der Waals surface area contributed by atoms with Crippen molar-refractivity contribution in [1.29, 1.82) is 0 Å². The molecule has 0 aromatic heterocycles. The molecule has 4 heteroatoms. The van der Waals surface area contributed by atoms with E-state index >= 15 is 0 Å². The van der Waals surface area contributed by atoms with Gasteiger partial charge in [-0.3, -0.25) is 4.79 Å². The number of fused-ring (bicyclic) bond motifs is 2. The van der Waals surface area contributed by atoms with Crippen molar-refractivity contribution in [2.24, 2.45) is 17.8 Å². The number of ketones is 1. The summed E-state index contributed by atoms with van der Waals surface area (Å²) in [7, 11) is 3.31. The lowest BCUT2D eigenvalue weighted by Gasteiger charge is -2.31. The summed E-state index contributed by atoms with van der Waals surface area (Å²) in [6, 6.07) is 6.20. The highest BCUT2D eigenvalue weighted by molar-refractivity contribution is 5.84. The SMILES string of the molecule is COCOCC1C(=O)CC2Cc3c(cccc3OC)C[C@@H]21. The molecule has 0 saturated heterocycles. The van der Waals surface area contributed by atoms with E-state index in [1.807, 2.05) is 12.1 Å². The molecule has 0 radical (unpaired) electrons. The number of benzene rings is 1. The molecule has 3 rings (SSSR count). The van der Waals surface area contributed by atoms with Gasteiger partial charge in [-0.25, -0.2) is 0 Å². The topological polar surface area (TPSA) is 44.8 Å². The third-order valence-electron chi connectivity index (χ3n) is 4.87. The summed E-state index contributed by atoms with van der Waals surface area (Å²) in [5, 5.41) is 0. The molecule has 21 heavy (non-hydrogen) atoms. The Bertz CT molecular complexity index is 526. The molecule has 114 valence electrons. The van der Waals surface area contributed by atoms with Gasteiger partial charge in [-0.05, 0) is 41.9 Å². The second-order valence-corrected chi connectivity index (χ2v) is 5.98. The van der Waals surface area contributed by atoms with Crippen LogP contribution < -0.4 is 4.74 Å². The van der Waals surface area contributed by atoms with Crippen molar-refractivity contribution in [3.8, 4) is 5.75 Å². The monoisotopic (exact) mass is 290 g/mol. The molecule has 3 atom stereocenters. The van der Waals surface area contributed by atoms with Crippen LogP contribution in [0.25, 0.3) is 0 Å². The fourth-order valence-corrected chi connectivity index (χ4v) is 3.88. The van der Waals surface area contributed by atoms with Crippen LogP contribution in [0.3, 0.4) is 0 Å². The highest BCUT2D eigenvalue weighted by Crippen LogP contribution is 2.45. The third kappa shape index (κ3) is 2.70. The summed E-state index contributed by atoms with van der Waals surface area (Å²) >= 11 is 0. The standard InChI is InChI=1S/C17H22O4/c1-19-10-21-9-15-13-6-11-4-3-5-17(20-2)14(11)7-12(13)8-16(15)18/h3-5,12-13,15H,6-10H2,1-2H3/t12?,13-,15?/m0/s1. The Morgan fingerprint density at radius 3 is 2.81 bits per heavy atom. The van der Waals surface area contributed by atoms with Crippen LogP contribution in [0.2, 0.25) is 0 Å². The maximum absolute atomic E-state index is 12.3. The maximum Gasteiger partial charge on any atom is 0.146 e. The quantitative estimate of drug-likeness (QED) is 0.616. The minimum Gasteiger partial charge on any atom is -0.496 e. The zero-order valence-corrected chi connectivity index (χ0v) is 12.6. The van der Waals surface area contributed by atoms with Gasteiger partial charge in [0.15, 0.2) is 0 Å². The van der Waals surface area contributed by atoms with Gasteiger partial charge in [-0.2, -0.15) is 0 Å². The first kappa shape index (κ1) is 14.5. The van der Waals surface area contributed by atoms with Crippen molar-refractivity contribution < 1.29 is 19.0 Å². The van der Waals surface area contributed by atoms with Crippen molar-refractivity contribution >= 4 is 5.78 Å². The van der Waals surface area contributed by atoms with E-state index in [-0.39, 0.29) is 12.7 Å². The lowest BCUT2D eigenvalue weighted by atomic mass is 9.75. The van der Waals surface area contributed by atoms with Crippen LogP contribution in [0.15, 0.2) is 18.2 Å². The molecule has 2 unspecified atom stereocenters. The summed E-state index contributed by atoms with van der Waals surface area (Å²) in [5.41, 5.74) is 2.61. The molecule has 1 saturated carbocycles. The number of hydrogen-bond donors (Lipinski definition) is 0. The van der Waals surface area contributed by atoms with Crippen LogP contribution in [-0.2, 0) is 27.1 Å². The first-order valence-corrected chi connectivity index (χ1v) is 7.48. The highest BCUT2D eigenvalue weighted by atomic mass is 16.7.